The minimum atomic E-state index is 0.584. The number of methoxy groups -OCH3 is 2. The maximum atomic E-state index is 5.49. The van der Waals surface area contributed by atoms with Gasteiger partial charge in [-0.1, -0.05) is 36.4 Å². The first-order valence-electron chi connectivity index (χ1n) is 9.85. The second kappa shape index (κ2) is 10.1. The summed E-state index contributed by atoms with van der Waals surface area (Å²) in [5.74, 6) is 1.46. The zero-order valence-electron chi connectivity index (χ0n) is 17.9. The van der Waals surface area contributed by atoms with E-state index < -0.39 is 0 Å². The van der Waals surface area contributed by atoms with Crippen molar-refractivity contribution in [2.75, 3.05) is 26.1 Å². The summed E-state index contributed by atoms with van der Waals surface area (Å²) in [6.45, 7) is 5.48. The molecule has 2 aromatic carbocycles. The monoisotopic (exact) mass is 424 g/mol. The summed E-state index contributed by atoms with van der Waals surface area (Å²) in [6.07, 6.45) is 0.813. The van der Waals surface area contributed by atoms with Crippen molar-refractivity contribution in [1.82, 2.24) is 15.1 Å². The fraction of sp³-hybridized carbons (Fsp3) is 0.304. The molecule has 0 bridgehead atoms. The van der Waals surface area contributed by atoms with Crippen LogP contribution in [0.1, 0.15) is 22.5 Å². The standard InChI is InChI=1S/C23H28N4O2S/c1-16-22(17(2)27(26-16)15-19-8-6-5-7-9-19)25-23(30)24-13-12-18-10-11-20(28-3)21(14-18)29-4/h5-11,14H,12-13,15H2,1-4H3,(H2,24,25,30). The van der Waals surface area contributed by atoms with Crippen LogP contribution in [0, 0.1) is 13.8 Å². The number of anilines is 1. The quantitative estimate of drug-likeness (QED) is 0.531. The van der Waals surface area contributed by atoms with Crippen LogP contribution in [0.2, 0.25) is 0 Å². The second-order valence-electron chi connectivity index (χ2n) is 7.01. The van der Waals surface area contributed by atoms with Crippen molar-refractivity contribution < 1.29 is 9.47 Å². The van der Waals surface area contributed by atoms with Crippen LogP contribution in [0.25, 0.3) is 0 Å². The molecule has 158 valence electrons. The molecule has 1 heterocycles. The van der Waals surface area contributed by atoms with E-state index in [0.29, 0.717) is 11.7 Å². The first-order valence-corrected chi connectivity index (χ1v) is 10.3. The molecule has 0 radical (unpaired) electrons. The molecule has 0 aliphatic carbocycles. The maximum absolute atomic E-state index is 5.49. The fourth-order valence-corrected chi connectivity index (χ4v) is 3.51. The van der Waals surface area contributed by atoms with E-state index in [1.54, 1.807) is 14.2 Å². The van der Waals surface area contributed by atoms with Gasteiger partial charge in [0, 0.05) is 6.54 Å². The van der Waals surface area contributed by atoms with Crippen LogP contribution in [-0.2, 0) is 13.0 Å². The van der Waals surface area contributed by atoms with Crippen LogP contribution in [0.3, 0.4) is 0 Å². The number of hydrogen-bond donors (Lipinski definition) is 2. The molecular formula is C23H28N4O2S. The van der Waals surface area contributed by atoms with Crippen molar-refractivity contribution in [3.05, 3.63) is 71.0 Å². The lowest BCUT2D eigenvalue weighted by molar-refractivity contribution is 0.354. The van der Waals surface area contributed by atoms with Crippen LogP contribution in [0.4, 0.5) is 5.69 Å². The molecule has 3 aromatic rings. The number of benzene rings is 2. The van der Waals surface area contributed by atoms with E-state index in [9.17, 15) is 0 Å². The molecule has 0 aliphatic heterocycles. The number of nitrogens with one attached hydrogen (secondary N) is 2. The third-order valence-corrected chi connectivity index (χ3v) is 5.19. The number of rotatable bonds is 8. The maximum Gasteiger partial charge on any atom is 0.170 e. The van der Waals surface area contributed by atoms with Gasteiger partial charge in [-0.2, -0.15) is 5.10 Å². The van der Waals surface area contributed by atoms with Gasteiger partial charge in [0.05, 0.1) is 37.8 Å². The van der Waals surface area contributed by atoms with Crippen LogP contribution in [0.15, 0.2) is 48.5 Å². The molecule has 1 aromatic heterocycles. The highest BCUT2D eigenvalue weighted by molar-refractivity contribution is 7.80. The summed E-state index contributed by atoms with van der Waals surface area (Å²) in [5.41, 5.74) is 5.29. The Morgan fingerprint density at radius 2 is 1.73 bits per heavy atom. The highest BCUT2D eigenvalue weighted by Crippen LogP contribution is 2.27. The summed E-state index contributed by atoms with van der Waals surface area (Å²) in [5, 5.41) is 11.8. The average Bonchev–Trinajstić information content (AvgIpc) is 3.01. The smallest absolute Gasteiger partial charge is 0.170 e. The van der Waals surface area contributed by atoms with E-state index in [4.69, 9.17) is 21.7 Å². The summed E-state index contributed by atoms with van der Waals surface area (Å²) in [6, 6.07) is 16.2. The Morgan fingerprint density at radius 1 is 1.00 bits per heavy atom. The number of hydrogen-bond acceptors (Lipinski definition) is 4. The normalized spacial score (nSPS) is 10.5. The Morgan fingerprint density at radius 3 is 2.43 bits per heavy atom. The van der Waals surface area contributed by atoms with E-state index in [1.807, 2.05) is 48.0 Å². The third-order valence-electron chi connectivity index (χ3n) is 4.94. The van der Waals surface area contributed by atoms with Gasteiger partial charge in [-0.05, 0) is 55.7 Å². The molecular weight excluding hydrogens is 396 g/mol. The van der Waals surface area contributed by atoms with Gasteiger partial charge in [-0.3, -0.25) is 4.68 Å². The molecule has 0 spiro atoms. The van der Waals surface area contributed by atoms with E-state index in [1.165, 1.54) is 5.56 Å². The summed E-state index contributed by atoms with van der Waals surface area (Å²) < 4.78 is 12.6. The topological polar surface area (TPSA) is 60.3 Å². The number of ether oxygens (including phenoxy) is 2. The van der Waals surface area contributed by atoms with Crippen LogP contribution in [0.5, 0.6) is 11.5 Å². The van der Waals surface area contributed by atoms with Gasteiger partial charge < -0.3 is 20.1 Å². The van der Waals surface area contributed by atoms with Gasteiger partial charge in [-0.25, -0.2) is 0 Å². The predicted octanol–water partition coefficient (Wildman–Crippen LogP) is 4.09. The highest BCUT2D eigenvalue weighted by atomic mass is 32.1. The van der Waals surface area contributed by atoms with E-state index in [0.717, 1.165) is 47.1 Å². The van der Waals surface area contributed by atoms with Crippen molar-refractivity contribution in [3.8, 4) is 11.5 Å². The molecule has 2 N–H and O–H groups in total. The number of nitrogens with zero attached hydrogens (tertiary/aromatic N) is 2. The van der Waals surface area contributed by atoms with Crippen molar-refractivity contribution in [2.45, 2.75) is 26.8 Å². The van der Waals surface area contributed by atoms with Crippen molar-refractivity contribution in [3.63, 3.8) is 0 Å². The van der Waals surface area contributed by atoms with Crippen LogP contribution in [-0.4, -0.2) is 35.7 Å². The van der Waals surface area contributed by atoms with Crippen LogP contribution >= 0.6 is 12.2 Å². The molecule has 3 rings (SSSR count). The zero-order chi connectivity index (χ0) is 21.5. The number of thiocarbonyl (C=S) groups is 1. The van der Waals surface area contributed by atoms with Crippen molar-refractivity contribution in [2.24, 2.45) is 0 Å². The SMILES string of the molecule is COc1ccc(CCNC(=S)Nc2c(C)nn(Cc3ccccc3)c2C)cc1OC. The summed E-state index contributed by atoms with van der Waals surface area (Å²) in [4.78, 5) is 0. The molecule has 0 aliphatic rings. The Kier molecular flexibility index (Phi) is 7.30. The number of aryl methyl sites for hydroxylation is 1. The molecule has 6 nitrogen and oxygen atoms in total. The minimum Gasteiger partial charge on any atom is -0.493 e. The van der Waals surface area contributed by atoms with Gasteiger partial charge in [0.2, 0.25) is 0 Å². The lowest BCUT2D eigenvalue weighted by atomic mass is 10.1. The molecule has 0 saturated carbocycles. The van der Waals surface area contributed by atoms with Gasteiger partial charge in [0.1, 0.15) is 0 Å². The Bertz CT molecular complexity index is 1000. The molecule has 0 fully saturated rings. The highest BCUT2D eigenvalue weighted by Gasteiger charge is 2.13. The van der Waals surface area contributed by atoms with Crippen molar-refractivity contribution in [1.29, 1.82) is 0 Å². The Balaban J connectivity index is 1.56. The Hall–Kier alpha value is -3.06. The van der Waals surface area contributed by atoms with Crippen LogP contribution < -0.4 is 20.1 Å². The summed E-state index contributed by atoms with van der Waals surface area (Å²) >= 11 is 5.49. The first kappa shape index (κ1) is 21.6. The van der Waals surface area contributed by atoms with Gasteiger partial charge >= 0.3 is 0 Å². The van der Waals surface area contributed by atoms with Gasteiger partial charge in [0.15, 0.2) is 16.6 Å². The molecule has 0 amide bonds. The fourth-order valence-electron chi connectivity index (χ4n) is 3.30. The molecule has 0 atom stereocenters. The minimum absolute atomic E-state index is 0.584. The van der Waals surface area contributed by atoms with E-state index >= 15 is 0 Å². The van der Waals surface area contributed by atoms with E-state index in [-0.39, 0.29) is 0 Å². The second-order valence-corrected chi connectivity index (χ2v) is 7.42. The lowest BCUT2D eigenvalue weighted by Crippen LogP contribution is -2.30. The summed E-state index contributed by atoms with van der Waals surface area (Å²) in [7, 11) is 3.27. The van der Waals surface area contributed by atoms with Gasteiger partial charge in [0.25, 0.3) is 0 Å². The van der Waals surface area contributed by atoms with E-state index in [2.05, 4.69) is 34.8 Å². The molecule has 0 saturated heterocycles. The van der Waals surface area contributed by atoms with Crippen molar-refractivity contribution >= 4 is 23.0 Å². The largest absolute Gasteiger partial charge is 0.493 e. The molecule has 7 heteroatoms. The zero-order valence-corrected chi connectivity index (χ0v) is 18.7. The number of aromatic nitrogens is 2. The molecule has 30 heavy (non-hydrogen) atoms. The lowest BCUT2D eigenvalue weighted by Gasteiger charge is -2.12. The third kappa shape index (κ3) is 5.30. The predicted molar refractivity (Wildman–Crippen MR) is 125 cm³/mol. The first-order chi connectivity index (χ1) is 14.5. The average molecular weight is 425 g/mol. The molecule has 0 unspecified atom stereocenters. The Labute approximate surface area is 183 Å². The van der Waals surface area contributed by atoms with Gasteiger partial charge in [-0.15, -0.1) is 0 Å².